The molecule has 3 nitrogen and oxygen atoms in total. The highest BCUT2D eigenvalue weighted by atomic mass is 16.3. The van der Waals surface area contributed by atoms with Crippen LogP contribution in [0.4, 0.5) is 0 Å². The van der Waals surface area contributed by atoms with Gasteiger partial charge in [-0.05, 0) is 29.4 Å². The number of likely N-dealkylation sites (tertiary alicyclic amines) is 1. The van der Waals surface area contributed by atoms with Crippen LogP contribution in [0.5, 0.6) is 0 Å². The van der Waals surface area contributed by atoms with Crippen molar-refractivity contribution >= 4 is 5.78 Å². The molecule has 1 saturated heterocycles. The number of aliphatic hydroxyl groups excluding tert-OH is 1. The highest BCUT2D eigenvalue weighted by molar-refractivity contribution is 5.81. The zero-order valence-electron chi connectivity index (χ0n) is 14.1. The number of carbonyl (C=O) groups excluding carboxylic acids is 1. The molecule has 2 rings (SSSR count). The number of ketones is 1. The van der Waals surface area contributed by atoms with E-state index in [4.69, 9.17) is 0 Å². The van der Waals surface area contributed by atoms with Gasteiger partial charge in [0.05, 0.1) is 6.10 Å². The maximum atomic E-state index is 12.1. The van der Waals surface area contributed by atoms with E-state index in [0.717, 1.165) is 38.0 Å². The second-order valence-corrected chi connectivity index (χ2v) is 7.49. The van der Waals surface area contributed by atoms with Crippen molar-refractivity contribution in [1.82, 2.24) is 4.90 Å². The van der Waals surface area contributed by atoms with Crippen molar-refractivity contribution in [3.63, 3.8) is 0 Å². The van der Waals surface area contributed by atoms with E-state index < -0.39 is 0 Å². The zero-order chi connectivity index (χ0) is 16.2. The van der Waals surface area contributed by atoms with Crippen LogP contribution >= 0.6 is 0 Å². The first-order valence-electron chi connectivity index (χ1n) is 8.36. The minimum atomic E-state index is -0.145. The fraction of sp³-hybridized carbons (Fsp3) is 0.632. The largest absolute Gasteiger partial charge is 0.393 e. The van der Waals surface area contributed by atoms with Gasteiger partial charge in [0.25, 0.3) is 0 Å². The summed E-state index contributed by atoms with van der Waals surface area (Å²) in [5.74, 6) is 0.301. The Hall–Kier alpha value is -1.19. The quantitative estimate of drug-likeness (QED) is 0.909. The lowest BCUT2D eigenvalue weighted by Crippen LogP contribution is -2.37. The third-order valence-corrected chi connectivity index (χ3v) is 4.49. The van der Waals surface area contributed by atoms with Crippen molar-refractivity contribution in [2.45, 2.75) is 58.0 Å². The first-order valence-corrected chi connectivity index (χ1v) is 8.36. The Morgan fingerprint density at radius 2 is 1.77 bits per heavy atom. The number of benzene rings is 1. The van der Waals surface area contributed by atoms with E-state index in [1.54, 1.807) is 0 Å². The molecule has 1 heterocycles. The minimum Gasteiger partial charge on any atom is -0.393 e. The highest BCUT2D eigenvalue weighted by Gasteiger charge is 2.17. The summed E-state index contributed by atoms with van der Waals surface area (Å²) < 4.78 is 0. The molecular weight excluding hydrogens is 274 g/mol. The molecule has 0 saturated carbocycles. The van der Waals surface area contributed by atoms with Gasteiger partial charge in [-0.1, -0.05) is 45.0 Å². The number of nitrogens with zero attached hydrogens (tertiary/aromatic N) is 1. The van der Waals surface area contributed by atoms with Crippen LogP contribution in [-0.2, 0) is 16.6 Å². The van der Waals surface area contributed by atoms with E-state index in [0.29, 0.717) is 18.6 Å². The summed E-state index contributed by atoms with van der Waals surface area (Å²) in [5, 5.41) is 9.49. The van der Waals surface area contributed by atoms with E-state index in [1.165, 1.54) is 5.56 Å². The van der Waals surface area contributed by atoms with Crippen LogP contribution < -0.4 is 0 Å². The molecule has 0 aromatic heterocycles. The van der Waals surface area contributed by atoms with Crippen molar-refractivity contribution in [1.29, 1.82) is 0 Å². The fourth-order valence-corrected chi connectivity index (χ4v) is 2.86. The maximum absolute atomic E-state index is 12.1. The Morgan fingerprint density at radius 3 is 2.32 bits per heavy atom. The van der Waals surface area contributed by atoms with Gasteiger partial charge in [0.1, 0.15) is 5.78 Å². The van der Waals surface area contributed by atoms with Gasteiger partial charge in [-0.15, -0.1) is 0 Å². The molecule has 1 aromatic carbocycles. The molecule has 0 aliphatic carbocycles. The third-order valence-electron chi connectivity index (χ3n) is 4.49. The Bertz CT molecular complexity index is 479. The van der Waals surface area contributed by atoms with Gasteiger partial charge in [-0.2, -0.15) is 0 Å². The number of piperidine rings is 1. The first kappa shape index (κ1) is 17.2. The van der Waals surface area contributed by atoms with Crippen molar-refractivity contribution in [3.8, 4) is 0 Å². The maximum Gasteiger partial charge on any atom is 0.138 e. The summed E-state index contributed by atoms with van der Waals surface area (Å²) in [4.78, 5) is 14.4. The molecule has 1 aliphatic rings. The average molecular weight is 303 g/mol. The minimum absolute atomic E-state index is 0.145. The number of Topliss-reactive ketones (excluding diaryl/α,β-unsaturated/α-hetero) is 1. The predicted octanol–water partition coefficient (Wildman–Crippen LogP) is 2.94. The summed E-state index contributed by atoms with van der Waals surface area (Å²) in [5.41, 5.74) is 2.56. The SMILES string of the molecule is CC(C)(C)c1ccc(CC(=O)CCN2CCC(O)CC2)cc1. The van der Waals surface area contributed by atoms with Crippen LogP contribution in [0.1, 0.15) is 51.2 Å². The van der Waals surface area contributed by atoms with Crippen molar-refractivity contribution in [2.75, 3.05) is 19.6 Å². The van der Waals surface area contributed by atoms with Crippen LogP contribution in [0.25, 0.3) is 0 Å². The molecule has 1 N–H and O–H groups in total. The molecule has 122 valence electrons. The molecule has 22 heavy (non-hydrogen) atoms. The highest BCUT2D eigenvalue weighted by Crippen LogP contribution is 2.22. The molecular formula is C19H29NO2. The monoisotopic (exact) mass is 303 g/mol. The molecule has 0 unspecified atom stereocenters. The Balaban J connectivity index is 1.77. The van der Waals surface area contributed by atoms with Crippen molar-refractivity contribution in [2.24, 2.45) is 0 Å². The van der Waals surface area contributed by atoms with Gasteiger partial charge >= 0.3 is 0 Å². The second kappa shape index (κ2) is 7.38. The Kier molecular flexibility index (Phi) is 5.76. The van der Waals surface area contributed by atoms with Gasteiger partial charge in [0.15, 0.2) is 0 Å². The number of hydrogen-bond acceptors (Lipinski definition) is 3. The molecule has 0 atom stereocenters. The number of hydrogen-bond donors (Lipinski definition) is 1. The molecule has 0 radical (unpaired) electrons. The van der Waals surface area contributed by atoms with Crippen molar-refractivity contribution < 1.29 is 9.90 Å². The van der Waals surface area contributed by atoms with E-state index >= 15 is 0 Å². The normalized spacial score (nSPS) is 17.6. The molecule has 3 heteroatoms. The summed E-state index contributed by atoms with van der Waals surface area (Å²) in [6.07, 6.45) is 2.66. The molecule has 1 aliphatic heterocycles. The molecule has 1 aromatic rings. The van der Waals surface area contributed by atoms with E-state index in [-0.39, 0.29) is 11.5 Å². The average Bonchev–Trinajstić information content (AvgIpc) is 2.46. The third kappa shape index (κ3) is 5.22. The summed E-state index contributed by atoms with van der Waals surface area (Å²) >= 11 is 0. The summed E-state index contributed by atoms with van der Waals surface area (Å²) in [6.45, 7) is 9.24. The standard InChI is InChI=1S/C19H29NO2/c1-19(2,3)16-6-4-15(5-7-16)14-18(22)10-13-20-11-8-17(21)9-12-20/h4-7,17,21H,8-14H2,1-3H3. The fourth-order valence-electron chi connectivity index (χ4n) is 2.86. The van der Waals surface area contributed by atoms with Gasteiger partial charge in [-0.3, -0.25) is 4.79 Å². The van der Waals surface area contributed by atoms with E-state index in [9.17, 15) is 9.90 Å². The Labute approximate surface area is 134 Å². The topological polar surface area (TPSA) is 40.5 Å². The van der Waals surface area contributed by atoms with Crippen LogP contribution in [-0.4, -0.2) is 41.5 Å². The van der Waals surface area contributed by atoms with Gasteiger partial charge in [0.2, 0.25) is 0 Å². The lowest BCUT2D eigenvalue weighted by atomic mass is 9.86. The second-order valence-electron chi connectivity index (χ2n) is 7.49. The predicted molar refractivity (Wildman–Crippen MR) is 90.2 cm³/mol. The van der Waals surface area contributed by atoms with Crippen LogP contribution in [0.15, 0.2) is 24.3 Å². The number of rotatable bonds is 5. The Morgan fingerprint density at radius 1 is 1.18 bits per heavy atom. The van der Waals surface area contributed by atoms with Crippen LogP contribution in [0, 0.1) is 0 Å². The van der Waals surface area contributed by atoms with E-state index in [1.807, 2.05) is 0 Å². The number of aliphatic hydroxyl groups is 1. The van der Waals surface area contributed by atoms with E-state index in [2.05, 4.69) is 49.9 Å². The summed E-state index contributed by atoms with van der Waals surface area (Å²) in [6, 6.07) is 8.43. The summed E-state index contributed by atoms with van der Waals surface area (Å²) in [7, 11) is 0. The van der Waals surface area contributed by atoms with Crippen molar-refractivity contribution in [3.05, 3.63) is 35.4 Å². The molecule has 0 bridgehead atoms. The lowest BCUT2D eigenvalue weighted by Gasteiger charge is -2.29. The lowest BCUT2D eigenvalue weighted by molar-refractivity contribution is -0.118. The molecule has 1 fully saturated rings. The molecule has 0 spiro atoms. The molecule has 0 amide bonds. The van der Waals surface area contributed by atoms with Crippen LogP contribution in [0.3, 0.4) is 0 Å². The zero-order valence-corrected chi connectivity index (χ0v) is 14.1. The van der Waals surface area contributed by atoms with Crippen LogP contribution in [0.2, 0.25) is 0 Å². The number of carbonyl (C=O) groups is 1. The van der Waals surface area contributed by atoms with Gasteiger partial charge in [0, 0.05) is 32.5 Å². The van der Waals surface area contributed by atoms with Gasteiger partial charge < -0.3 is 10.0 Å². The van der Waals surface area contributed by atoms with Gasteiger partial charge in [-0.25, -0.2) is 0 Å². The smallest absolute Gasteiger partial charge is 0.138 e. The first-order chi connectivity index (χ1) is 10.3.